The third-order valence-electron chi connectivity index (χ3n) is 5.17. The lowest BCUT2D eigenvalue weighted by molar-refractivity contribution is -0.140. The summed E-state index contributed by atoms with van der Waals surface area (Å²) in [5.74, 6) is -2.80. The van der Waals surface area contributed by atoms with Crippen molar-refractivity contribution in [2.45, 2.75) is 38.9 Å². The Bertz CT molecular complexity index is 981. The average Bonchev–Trinajstić information content (AvgIpc) is 2.92. The summed E-state index contributed by atoms with van der Waals surface area (Å²) in [5, 5.41) is 2.40. The number of amides is 4. The fraction of sp³-hybridized carbons (Fsp3) is 0.318. The van der Waals surface area contributed by atoms with E-state index in [4.69, 9.17) is 0 Å². The monoisotopic (exact) mass is 415 g/mol. The normalized spacial score (nSPS) is 18.7. The molecule has 0 saturated carbocycles. The number of imide groups is 1. The first-order valence-corrected chi connectivity index (χ1v) is 9.56. The lowest BCUT2D eigenvalue weighted by Crippen LogP contribution is -2.46. The van der Waals surface area contributed by atoms with Crippen LogP contribution < -0.4 is 5.32 Å². The molecule has 0 radical (unpaired) electrons. The minimum Gasteiger partial charge on any atom is -0.334 e. The van der Waals surface area contributed by atoms with Crippen LogP contribution >= 0.6 is 0 Å². The number of hydrogen-bond donors (Lipinski definition) is 1. The minimum atomic E-state index is -1.80. The smallest absolute Gasteiger partial charge is 0.325 e. The Kier molecular flexibility index (Phi) is 5.87. The molecule has 4 amide bonds. The maximum atomic E-state index is 14.3. The number of carbonyl (C=O) groups is 3. The highest BCUT2D eigenvalue weighted by atomic mass is 19.1. The molecule has 158 valence electrons. The van der Waals surface area contributed by atoms with E-state index in [0.29, 0.717) is 6.54 Å². The Morgan fingerprint density at radius 3 is 2.43 bits per heavy atom. The van der Waals surface area contributed by atoms with Crippen LogP contribution in [0.1, 0.15) is 31.9 Å². The van der Waals surface area contributed by atoms with Gasteiger partial charge in [-0.3, -0.25) is 14.5 Å². The van der Waals surface area contributed by atoms with Gasteiger partial charge in [-0.1, -0.05) is 30.3 Å². The molecule has 1 unspecified atom stereocenters. The Hall–Kier alpha value is -3.29. The molecule has 30 heavy (non-hydrogen) atoms. The van der Waals surface area contributed by atoms with Crippen molar-refractivity contribution in [2.75, 3.05) is 6.54 Å². The van der Waals surface area contributed by atoms with Gasteiger partial charge in [0.2, 0.25) is 5.91 Å². The summed E-state index contributed by atoms with van der Waals surface area (Å²) in [5.41, 5.74) is -1.18. The lowest BCUT2D eigenvalue weighted by atomic mass is 9.91. The van der Waals surface area contributed by atoms with Gasteiger partial charge in [0.1, 0.15) is 23.7 Å². The first-order valence-electron chi connectivity index (χ1n) is 9.56. The van der Waals surface area contributed by atoms with Crippen molar-refractivity contribution in [3.05, 3.63) is 71.3 Å². The van der Waals surface area contributed by atoms with Crippen LogP contribution in [0.4, 0.5) is 13.6 Å². The zero-order chi connectivity index (χ0) is 22.1. The number of nitrogens with one attached hydrogen (secondary N) is 1. The van der Waals surface area contributed by atoms with Gasteiger partial charge in [0.05, 0.1) is 0 Å². The van der Waals surface area contributed by atoms with Gasteiger partial charge in [-0.05, 0) is 44.5 Å². The fourth-order valence-electron chi connectivity index (χ4n) is 3.47. The Morgan fingerprint density at radius 2 is 1.80 bits per heavy atom. The third-order valence-corrected chi connectivity index (χ3v) is 5.17. The molecule has 1 N–H and O–H groups in total. The van der Waals surface area contributed by atoms with E-state index in [2.05, 4.69) is 5.32 Å². The number of nitrogens with zero attached hydrogens (tertiary/aromatic N) is 2. The second kappa shape index (κ2) is 8.22. The van der Waals surface area contributed by atoms with Crippen LogP contribution in [0.15, 0.2) is 48.5 Å². The van der Waals surface area contributed by atoms with Crippen LogP contribution in [0, 0.1) is 11.6 Å². The number of rotatable bonds is 6. The topological polar surface area (TPSA) is 69.7 Å². The SMILES string of the molecule is CC(C)N(Cc1ccccc1)C(=O)CN1C(=O)NC(C)(c2cc(F)ccc2F)C1=O. The molecule has 0 spiro atoms. The van der Waals surface area contributed by atoms with Crippen LogP contribution in [0.3, 0.4) is 0 Å². The molecular formula is C22H23F2N3O3. The summed E-state index contributed by atoms with van der Waals surface area (Å²) in [6.45, 7) is 4.77. The Balaban J connectivity index is 1.82. The van der Waals surface area contributed by atoms with E-state index in [9.17, 15) is 23.2 Å². The molecule has 0 aliphatic carbocycles. The number of halogens is 2. The molecule has 1 saturated heterocycles. The van der Waals surface area contributed by atoms with Crippen molar-refractivity contribution in [1.29, 1.82) is 0 Å². The van der Waals surface area contributed by atoms with E-state index in [1.165, 1.54) is 6.92 Å². The number of urea groups is 1. The minimum absolute atomic E-state index is 0.175. The largest absolute Gasteiger partial charge is 0.334 e. The standard InChI is InChI=1S/C22H23F2N3O3/c1-14(2)26(12-15-7-5-4-6-8-15)19(28)13-27-20(29)22(3,25-21(27)30)17-11-16(23)9-10-18(17)24/h4-11,14H,12-13H2,1-3H3,(H,25,30). The Labute approximate surface area is 173 Å². The molecule has 1 atom stereocenters. The van der Waals surface area contributed by atoms with E-state index < -0.39 is 41.6 Å². The van der Waals surface area contributed by atoms with E-state index >= 15 is 0 Å². The van der Waals surface area contributed by atoms with Gasteiger partial charge in [0.25, 0.3) is 5.91 Å². The molecule has 1 aliphatic heterocycles. The van der Waals surface area contributed by atoms with Gasteiger partial charge in [0, 0.05) is 18.2 Å². The second-order valence-electron chi connectivity index (χ2n) is 7.67. The maximum Gasteiger partial charge on any atom is 0.325 e. The molecule has 0 aromatic heterocycles. The third kappa shape index (κ3) is 4.03. The molecule has 1 fully saturated rings. The van der Waals surface area contributed by atoms with Gasteiger partial charge >= 0.3 is 6.03 Å². The summed E-state index contributed by atoms with van der Waals surface area (Å²) in [4.78, 5) is 40.6. The molecule has 8 heteroatoms. The molecular weight excluding hydrogens is 392 g/mol. The van der Waals surface area contributed by atoms with Crippen molar-refractivity contribution < 1.29 is 23.2 Å². The summed E-state index contributed by atoms with van der Waals surface area (Å²) in [6, 6.07) is 11.0. The summed E-state index contributed by atoms with van der Waals surface area (Å²) < 4.78 is 27.9. The molecule has 2 aromatic rings. The van der Waals surface area contributed by atoms with Crippen molar-refractivity contribution in [3.63, 3.8) is 0 Å². The lowest BCUT2D eigenvalue weighted by Gasteiger charge is -2.28. The van der Waals surface area contributed by atoms with Gasteiger partial charge in [0.15, 0.2) is 0 Å². The number of hydrogen-bond acceptors (Lipinski definition) is 3. The van der Waals surface area contributed by atoms with Crippen LogP contribution in [-0.2, 0) is 21.7 Å². The quantitative estimate of drug-likeness (QED) is 0.737. The van der Waals surface area contributed by atoms with Crippen molar-refractivity contribution in [3.8, 4) is 0 Å². The summed E-state index contributed by atoms with van der Waals surface area (Å²) in [6.07, 6.45) is 0. The van der Waals surface area contributed by atoms with E-state index in [1.807, 2.05) is 44.2 Å². The van der Waals surface area contributed by atoms with Crippen molar-refractivity contribution in [2.24, 2.45) is 0 Å². The van der Waals surface area contributed by atoms with E-state index in [1.54, 1.807) is 4.90 Å². The first kappa shape index (κ1) is 21.4. The highest BCUT2D eigenvalue weighted by Gasteiger charge is 2.51. The highest BCUT2D eigenvalue weighted by molar-refractivity contribution is 6.09. The van der Waals surface area contributed by atoms with Crippen molar-refractivity contribution in [1.82, 2.24) is 15.1 Å². The molecule has 0 bridgehead atoms. The van der Waals surface area contributed by atoms with Crippen LogP contribution in [-0.4, -0.2) is 40.2 Å². The Morgan fingerprint density at radius 1 is 1.13 bits per heavy atom. The van der Waals surface area contributed by atoms with E-state index in [0.717, 1.165) is 28.7 Å². The zero-order valence-corrected chi connectivity index (χ0v) is 17.0. The molecule has 1 heterocycles. The van der Waals surface area contributed by atoms with Gasteiger partial charge in [-0.25, -0.2) is 13.6 Å². The predicted molar refractivity (Wildman–Crippen MR) is 106 cm³/mol. The molecule has 3 rings (SSSR count). The molecule has 6 nitrogen and oxygen atoms in total. The fourth-order valence-corrected chi connectivity index (χ4v) is 3.47. The maximum absolute atomic E-state index is 14.3. The number of carbonyl (C=O) groups excluding carboxylic acids is 3. The number of benzene rings is 2. The van der Waals surface area contributed by atoms with Gasteiger partial charge < -0.3 is 10.2 Å². The first-order chi connectivity index (χ1) is 14.1. The highest BCUT2D eigenvalue weighted by Crippen LogP contribution is 2.31. The van der Waals surface area contributed by atoms with Gasteiger partial charge in [-0.2, -0.15) is 0 Å². The molecule has 2 aromatic carbocycles. The summed E-state index contributed by atoms with van der Waals surface area (Å²) in [7, 11) is 0. The predicted octanol–water partition coefficient (Wildman–Crippen LogP) is 3.17. The van der Waals surface area contributed by atoms with Crippen LogP contribution in [0.2, 0.25) is 0 Å². The second-order valence-corrected chi connectivity index (χ2v) is 7.67. The zero-order valence-electron chi connectivity index (χ0n) is 17.0. The average molecular weight is 415 g/mol. The van der Waals surface area contributed by atoms with Gasteiger partial charge in [-0.15, -0.1) is 0 Å². The van der Waals surface area contributed by atoms with E-state index in [-0.39, 0.29) is 11.6 Å². The molecule has 1 aliphatic rings. The van der Waals surface area contributed by atoms with Crippen LogP contribution in [0.5, 0.6) is 0 Å². The van der Waals surface area contributed by atoms with Crippen molar-refractivity contribution >= 4 is 17.8 Å². The summed E-state index contributed by atoms with van der Waals surface area (Å²) >= 11 is 0. The van der Waals surface area contributed by atoms with Crippen LogP contribution in [0.25, 0.3) is 0 Å².